The number of hydrogen-bond donors (Lipinski definition) is 2. The number of carbonyl (C=O) groups is 1. The second-order valence-electron chi connectivity index (χ2n) is 2.96. The summed E-state index contributed by atoms with van der Waals surface area (Å²) in [6, 6.07) is 0.415. The van der Waals surface area contributed by atoms with E-state index in [0.29, 0.717) is 5.56 Å². The minimum atomic E-state index is -1.67. The fourth-order valence-corrected chi connectivity index (χ4v) is 1.13. The molecule has 1 aromatic rings. The van der Waals surface area contributed by atoms with E-state index in [1.54, 1.807) is 0 Å². The van der Waals surface area contributed by atoms with Crippen molar-refractivity contribution in [3.05, 3.63) is 34.9 Å². The Balaban J connectivity index is 3.27. The first-order valence-electron chi connectivity index (χ1n) is 3.87. The molecule has 0 aliphatic rings. The minimum Gasteiger partial charge on any atom is -0.480 e. The van der Waals surface area contributed by atoms with Crippen LogP contribution in [0.1, 0.15) is 17.2 Å². The number of aliphatic carboxylic acids is 1. The van der Waals surface area contributed by atoms with Crippen LogP contribution in [0.5, 0.6) is 0 Å². The van der Waals surface area contributed by atoms with Crippen molar-refractivity contribution in [2.45, 2.75) is 13.0 Å². The van der Waals surface area contributed by atoms with Gasteiger partial charge in [-0.05, 0) is 24.6 Å². The molecule has 0 saturated carbocycles. The molecule has 1 atom stereocenters. The number of halogens is 2. The van der Waals surface area contributed by atoms with Crippen molar-refractivity contribution >= 4 is 5.97 Å². The molecule has 76 valence electrons. The van der Waals surface area contributed by atoms with Crippen molar-refractivity contribution in [1.82, 2.24) is 0 Å². The van der Waals surface area contributed by atoms with Gasteiger partial charge in [-0.3, -0.25) is 4.79 Å². The van der Waals surface area contributed by atoms with Crippen LogP contribution in [0, 0.1) is 18.6 Å². The number of benzene rings is 1. The van der Waals surface area contributed by atoms with Crippen molar-refractivity contribution < 1.29 is 18.7 Å². The van der Waals surface area contributed by atoms with Crippen LogP contribution < -0.4 is 5.73 Å². The zero-order valence-corrected chi connectivity index (χ0v) is 7.42. The zero-order chi connectivity index (χ0) is 10.9. The SMILES string of the molecule is Cc1cc(F)c(C(N)C(=O)O)c(F)c1. The molecule has 0 heterocycles. The first-order valence-corrected chi connectivity index (χ1v) is 3.87. The van der Waals surface area contributed by atoms with Gasteiger partial charge in [0.2, 0.25) is 0 Å². The van der Waals surface area contributed by atoms with Crippen LogP contribution in [-0.4, -0.2) is 11.1 Å². The topological polar surface area (TPSA) is 63.3 Å². The van der Waals surface area contributed by atoms with E-state index in [9.17, 15) is 13.6 Å². The van der Waals surface area contributed by atoms with Gasteiger partial charge in [0.15, 0.2) is 0 Å². The second kappa shape index (κ2) is 3.71. The van der Waals surface area contributed by atoms with Crippen LogP contribution in [0.25, 0.3) is 0 Å². The summed E-state index contributed by atoms with van der Waals surface area (Å²) in [6.07, 6.45) is 0. The van der Waals surface area contributed by atoms with E-state index in [2.05, 4.69) is 0 Å². The van der Waals surface area contributed by atoms with Crippen molar-refractivity contribution in [2.24, 2.45) is 5.73 Å². The highest BCUT2D eigenvalue weighted by Crippen LogP contribution is 2.20. The van der Waals surface area contributed by atoms with Crippen molar-refractivity contribution in [3.8, 4) is 0 Å². The molecule has 1 unspecified atom stereocenters. The number of carboxylic acid groups (broad SMARTS) is 1. The summed E-state index contributed by atoms with van der Waals surface area (Å²) < 4.78 is 26.3. The summed E-state index contributed by atoms with van der Waals surface area (Å²) >= 11 is 0. The van der Waals surface area contributed by atoms with Gasteiger partial charge >= 0.3 is 5.97 Å². The summed E-state index contributed by atoms with van der Waals surface area (Å²) in [5, 5.41) is 8.50. The third kappa shape index (κ3) is 1.88. The van der Waals surface area contributed by atoms with E-state index in [1.807, 2.05) is 0 Å². The molecule has 1 aromatic carbocycles. The highest BCUT2D eigenvalue weighted by Gasteiger charge is 2.22. The average Bonchev–Trinajstić information content (AvgIpc) is 2.01. The van der Waals surface area contributed by atoms with Gasteiger partial charge in [-0.2, -0.15) is 0 Å². The normalized spacial score (nSPS) is 12.6. The molecule has 0 bridgehead atoms. The Morgan fingerprint density at radius 3 is 2.21 bits per heavy atom. The van der Waals surface area contributed by atoms with Crippen molar-refractivity contribution in [1.29, 1.82) is 0 Å². The van der Waals surface area contributed by atoms with Gasteiger partial charge in [0.25, 0.3) is 0 Å². The third-order valence-electron chi connectivity index (χ3n) is 1.80. The smallest absolute Gasteiger partial charge is 0.325 e. The first-order chi connectivity index (χ1) is 6.43. The minimum absolute atomic E-state index is 0.376. The lowest BCUT2D eigenvalue weighted by Gasteiger charge is -2.09. The van der Waals surface area contributed by atoms with Gasteiger partial charge in [0.1, 0.15) is 17.7 Å². The number of hydrogen-bond acceptors (Lipinski definition) is 2. The van der Waals surface area contributed by atoms with Crippen LogP contribution in [-0.2, 0) is 4.79 Å². The molecule has 0 radical (unpaired) electrons. The molecule has 0 aromatic heterocycles. The van der Waals surface area contributed by atoms with E-state index in [0.717, 1.165) is 12.1 Å². The molecule has 0 fully saturated rings. The summed E-state index contributed by atoms with van der Waals surface area (Å²) in [7, 11) is 0. The molecule has 0 saturated heterocycles. The predicted molar refractivity (Wildman–Crippen MR) is 45.7 cm³/mol. The van der Waals surface area contributed by atoms with Crippen LogP contribution >= 0.6 is 0 Å². The van der Waals surface area contributed by atoms with E-state index in [-0.39, 0.29) is 0 Å². The lowest BCUT2D eigenvalue weighted by molar-refractivity contribution is -0.138. The van der Waals surface area contributed by atoms with Gasteiger partial charge in [-0.1, -0.05) is 0 Å². The van der Waals surface area contributed by atoms with Crippen LogP contribution in [0.4, 0.5) is 8.78 Å². The summed E-state index contributed by atoms with van der Waals surface area (Å²) in [6.45, 7) is 1.50. The monoisotopic (exact) mass is 201 g/mol. The lowest BCUT2D eigenvalue weighted by atomic mass is 10.0. The maximum Gasteiger partial charge on any atom is 0.325 e. The number of rotatable bonds is 2. The largest absolute Gasteiger partial charge is 0.480 e. The van der Waals surface area contributed by atoms with E-state index in [4.69, 9.17) is 10.8 Å². The first kappa shape index (κ1) is 10.6. The Labute approximate surface area is 79.2 Å². The standard InChI is InChI=1S/C9H9F2NO2/c1-4-2-5(10)7(6(11)3-4)8(12)9(13)14/h2-3,8H,12H2,1H3,(H,13,14). The zero-order valence-electron chi connectivity index (χ0n) is 7.42. The maximum absolute atomic E-state index is 13.1. The van der Waals surface area contributed by atoms with Crippen molar-refractivity contribution in [2.75, 3.05) is 0 Å². The second-order valence-corrected chi connectivity index (χ2v) is 2.96. The fourth-order valence-electron chi connectivity index (χ4n) is 1.13. The lowest BCUT2D eigenvalue weighted by Crippen LogP contribution is -2.23. The van der Waals surface area contributed by atoms with E-state index < -0.39 is 29.2 Å². The van der Waals surface area contributed by atoms with E-state index in [1.165, 1.54) is 6.92 Å². The Bertz CT molecular complexity index is 356. The molecule has 3 nitrogen and oxygen atoms in total. The highest BCUT2D eigenvalue weighted by molar-refractivity contribution is 5.75. The molecular weight excluding hydrogens is 192 g/mol. The molecule has 5 heteroatoms. The van der Waals surface area contributed by atoms with Gasteiger partial charge in [0, 0.05) is 0 Å². The molecular formula is C9H9F2NO2. The fraction of sp³-hybridized carbons (Fsp3) is 0.222. The number of nitrogens with two attached hydrogens (primary N) is 1. The van der Waals surface area contributed by atoms with Gasteiger partial charge in [-0.15, -0.1) is 0 Å². The number of carboxylic acids is 1. The Morgan fingerprint density at radius 1 is 1.43 bits per heavy atom. The van der Waals surface area contributed by atoms with Crippen LogP contribution in [0.2, 0.25) is 0 Å². The molecule has 0 spiro atoms. The quantitative estimate of drug-likeness (QED) is 0.759. The van der Waals surface area contributed by atoms with E-state index >= 15 is 0 Å². The van der Waals surface area contributed by atoms with Crippen LogP contribution in [0.3, 0.4) is 0 Å². The highest BCUT2D eigenvalue weighted by atomic mass is 19.1. The molecule has 0 amide bonds. The number of aryl methyl sites for hydroxylation is 1. The van der Waals surface area contributed by atoms with Crippen molar-refractivity contribution in [3.63, 3.8) is 0 Å². The molecule has 3 N–H and O–H groups in total. The Hall–Kier alpha value is -1.49. The summed E-state index contributed by atoms with van der Waals surface area (Å²) in [5.74, 6) is -3.33. The Kier molecular flexibility index (Phi) is 2.81. The Morgan fingerprint density at radius 2 is 1.86 bits per heavy atom. The van der Waals surface area contributed by atoms with Gasteiger partial charge < -0.3 is 10.8 Å². The predicted octanol–water partition coefficient (Wildman–Crippen LogP) is 1.36. The maximum atomic E-state index is 13.1. The third-order valence-corrected chi connectivity index (χ3v) is 1.80. The summed E-state index contributed by atoms with van der Waals surface area (Å²) in [4.78, 5) is 10.4. The van der Waals surface area contributed by atoms with Gasteiger partial charge in [-0.25, -0.2) is 8.78 Å². The van der Waals surface area contributed by atoms with Crippen LogP contribution in [0.15, 0.2) is 12.1 Å². The molecule has 1 rings (SSSR count). The summed E-state index contributed by atoms with van der Waals surface area (Å²) in [5.41, 5.74) is 4.88. The molecule has 0 aliphatic carbocycles. The molecule has 0 aliphatic heterocycles. The molecule has 14 heavy (non-hydrogen) atoms. The average molecular weight is 201 g/mol. The van der Waals surface area contributed by atoms with Gasteiger partial charge in [0.05, 0.1) is 5.56 Å².